The Labute approximate surface area is 151 Å². The zero-order valence-electron chi connectivity index (χ0n) is 14.3. The lowest BCUT2D eigenvalue weighted by molar-refractivity contribution is -0.150. The zero-order chi connectivity index (χ0) is 18.4. The van der Waals surface area contributed by atoms with Gasteiger partial charge in [-0.05, 0) is 56.2 Å². The van der Waals surface area contributed by atoms with E-state index in [9.17, 15) is 19.5 Å². The lowest BCUT2D eigenvalue weighted by Gasteiger charge is -2.33. The molecule has 138 valence electrons. The maximum Gasteiger partial charge on any atom is 0.331 e. The van der Waals surface area contributed by atoms with Gasteiger partial charge in [-0.3, -0.25) is 9.59 Å². The number of Topliss-reactive ketones (excluding diaryl/α,β-unsaturated/α-hetero) is 1. The van der Waals surface area contributed by atoms with Crippen molar-refractivity contribution >= 4 is 29.4 Å². The van der Waals surface area contributed by atoms with Gasteiger partial charge in [0.15, 0.2) is 11.3 Å². The summed E-state index contributed by atoms with van der Waals surface area (Å²) >= 11 is 1.47. The summed E-state index contributed by atoms with van der Waals surface area (Å²) in [5, 5.41) is 12.4. The number of carboxylic acids is 1. The number of amides is 1. The predicted molar refractivity (Wildman–Crippen MR) is 96.6 cm³/mol. The van der Waals surface area contributed by atoms with Crippen LogP contribution >= 0.6 is 11.8 Å². The average Bonchev–Trinajstić information content (AvgIpc) is 3.14. The summed E-state index contributed by atoms with van der Waals surface area (Å²) in [7, 11) is 0. The number of thioether (sulfide) groups is 1. The molecule has 1 aromatic rings. The number of rotatable bonds is 8. The molecule has 1 aromatic heterocycles. The number of H-pyrrole nitrogens is 1. The number of carbonyl (C=O) groups excluding carboxylic acids is 2. The highest BCUT2D eigenvalue weighted by molar-refractivity contribution is 7.98. The number of ketones is 1. The summed E-state index contributed by atoms with van der Waals surface area (Å²) in [5.41, 5.74) is 4.63. The highest BCUT2D eigenvalue weighted by atomic mass is 32.2. The largest absolute Gasteiger partial charge is 0.480 e. The summed E-state index contributed by atoms with van der Waals surface area (Å²) in [6, 6.07) is 3.44. The van der Waals surface area contributed by atoms with Crippen molar-refractivity contribution in [2.75, 3.05) is 12.0 Å². The minimum Gasteiger partial charge on any atom is -0.480 e. The molecule has 0 unspecified atom stereocenters. The number of hydrogen-bond donors (Lipinski definition) is 4. The first kappa shape index (κ1) is 19.5. The predicted octanol–water partition coefficient (Wildman–Crippen LogP) is 1.41. The first-order valence-electron chi connectivity index (χ1n) is 8.38. The normalized spacial score (nSPS) is 22.8. The molecule has 1 atom stereocenters. The highest BCUT2D eigenvalue weighted by Crippen LogP contribution is 2.29. The number of nitrogens with two attached hydrogens (primary N) is 1. The van der Waals surface area contributed by atoms with E-state index in [0.717, 1.165) is 0 Å². The molecule has 7 nitrogen and oxygen atoms in total. The molecule has 8 heteroatoms. The molecular formula is C17H25N3O4S. The van der Waals surface area contributed by atoms with E-state index in [4.69, 9.17) is 5.73 Å². The Bertz CT molecular complexity index is 611. The lowest BCUT2D eigenvalue weighted by atomic mass is 9.76. The van der Waals surface area contributed by atoms with E-state index in [-0.39, 0.29) is 30.1 Å². The van der Waals surface area contributed by atoms with E-state index in [0.29, 0.717) is 37.1 Å². The minimum atomic E-state index is -1.81. The molecule has 1 heterocycles. The van der Waals surface area contributed by atoms with Crippen LogP contribution in [-0.4, -0.2) is 51.3 Å². The molecule has 1 saturated carbocycles. The number of nitrogens with one attached hydrogen (secondary N) is 2. The Balaban J connectivity index is 1.90. The van der Waals surface area contributed by atoms with E-state index in [1.165, 1.54) is 11.8 Å². The molecule has 0 aliphatic heterocycles. The summed E-state index contributed by atoms with van der Waals surface area (Å²) < 4.78 is 0. The summed E-state index contributed by atoms with van der Waals surface area (Å²) in [6.07, 6.45) is 6.03. The van der Waals surface area contributed by atoms with Gasteiger partial charge in [0.2, 0.25) is 0 Å². The van der Waals surface area contributed by atoms with Crippen molar-refractivity contribution in [2.45, 2.75) is 43.7 Å². The Morgan fingerprint density at radius 2 is 2.04 bits per heavy atom. The monoisotopic (exact) mass is 367 g/mol. The molecule has 1 fully saturated rings. The van der Waals surface area contributed by atoms with Crippen molar-refractivity contribution in [3.8, 4) is 0 Å². The highest BCUT2D eigenvalue weighted by Gasteiger charge is 2.45. The first-order chi connectivity index (χ1) is 11.9. The Hall–Kier alpha value is -1.80. The van der Waals surface area contributed by atoms with Crippen LogP contribution in [0.4, 0.5) is 0 Å². The van der Waals surface area contributed by atoms with Crippen LogP contribution in [0.3, 0.4) is 0 Å². The topological polar surface area (TPSA) is 125 Å². The van der Waals surface area contributed by atoms with Gasteiger partial charge >= 0.3 is 5.97 Å². The molecule has 0 saturated heterocycles. The van der Waals surface area contributed by atoms with Gasteiger partial charge in [-0.25, -0.2) is 4.79 Å². The van der Waals surface area contributed by atoms with Gasteiger partial charge in [-0.1, -0.05) is 0 Å². The fourth-order valence-electron chi connectivity index (χ4n) is 3.20. The number of carboxylic acid groups (broad SMARTS) is 1. The smallest absolute Gasteiger partial charge is 0.331 e. The van der Waals surface area contributed by atoms with E-state index >= 15 is 0 Å². The molecule has 2 rings (SSSR count). The molecule has 0 spiro atoms. The van der Waals surface area contributed by atoms with Crippen LogP contribution in [-0.2, 0) is 9.59 Å². The van der Waals surface area contributed by atoms with Crippen LogP contribution in [0.1, 0.15) is 42.6 Å². The van der Waals surface area contributed by atoms with E-state index in [1.807, 2.05) is 6.26 Å². The quantitative estimate of drug-likeness (QED) is 0.515. The van der Waals surface area contributed by atoms with Crippen molar-refractivity contribution < 1.29 is 19.5 Å². The second kappa shape index (κ2) is 8.53. The van der Waals surface area contributed by atoms with Crippen molar-refractivity contribution in [2.24, 2.45) is 11.7 Å². The first-order valence-corrected chi connectivity index (χ1v) is 9.77. The Morgan fingerprint density at radius 3 is 2.56 bits per heavy atom. The number of carbonyl (C=O) groups is 3. The van der Waals surface area contributed by atoms with E-state index in [2.05, 4.69) is 10.3 Å². The number of aromatic nitrogens is 1. The van der Waals surface area contributed by atoms with Gasteiger partial charge in [0, 0.05) is 18.2 Å². The van der Waals surface area contributed by atoms with Gasteiger partial charge in [-0.2, -0.15) is 11.8 Å². The fraction of sp³-hybridized carbons (Fsp3) is 0.588. The molecule has 1 amide bonds. The molecule has 1 aliphatic rings. The average molecular weight is 367 g/mol. The maximum atomic E-state index is 12.7. The van der Waals surface area contributed by atoms with Gasteiger partial charge < -0.3 is 21.1 Å². The third-order valence-corrected chi connectivity index (χ3v) is 5.41. The van der Waals surface area contributed by atoms with Crippen molar-refractivity contribution in [3.63, 3.8) is 0 Å². The second-order valence-electron chi connectivity index (χ2n) is 6.49. The van der Waals surface area contributed by atoms with Gasteiger partial charge in [0.1, 0.15) is 5.69 Å². The molecule has 0 bridgehead atoms. The van der Waals surface area contributed by atoms with Gasteiger partial charge in [0.25, 0.3) is 5.91 Å². The summed E-state index contributed by atoms with van der Waals surface area (Å²) in [5.74, 6) is -1.65. The summed E-state index contributed by atoms with van der Waals surface area (Å²) in [4.78, 5) is 39.1. The fourth-order valence-corrected chi connectivity index (χ4v) is 3.72. The third kappa shape index (κ3) is 4.64. The van der Waals surface area contributed by atoms with Crippen molar-refractivity contribution in [1.82, 2.24) is 10.3 Å². The van der Waals surface area contributed by atoms with Crippen LogP contribution in [0.15, 0.2) is 18.3 Å². The molecular weight excluding hydrogens is 342 g/mol. The van der Waals surface area contributed by atoms with Crippen LogP contribution in [0.2, 0.25) is 0 Å². The van der Waals surface area contributed by atoms with Crippen LogP contribution in [0.25, 0.3) is 0 Å². The third-order valence-electron chi connectivity index (χ3n) is 4.80. The van der Waals surface area contributed by atoms with E-state index < -0.39 is 11.5 Å². The van der Waals surface area contributed by atoms with Gasteiger partial charge in [-0.15, -0.1) is 0 Å². The van der Waals surface area contributed by atoms with Crippen molar-refractivity contribution in [1.29, 1.82) is 0 Å². The second-order valence-corrected chi connectivity index (χ2v) is 7.47. The summed E-state index contributed by atoms with van der Waals surface area (Å²) in [6.45, 7) is 0. The number of hydrogen-bond acceptors (Lipinski definition) is 5. The molecule has 0 radical (unpaired) electrons. The molecule has 0 aromatic carbocycles. The van der Waals surface area contributed by atoms with Crippen LogP contribution < -0.4 is 11.1 Å². The van der Waals surface area contributed by atoms with Crippen molar-refractivity contribution in [3.05, 3.63) is 24.0 Å². The Kier molecular flexibility index (Phi) is 6.66. The standard InChI is InChI=1S/C17H25N3O4S/c1-25-10-8-17(18,16(23)24)14(21)11-4-6-12(7-5-11)20-15(22)13-3-2-9-19-13/h2-3,9,11-12,19H,4-8,10,18H2,1H3,(H,20,22)(H,23,24)/t11?,12?,17-/m1/s1. The van der Waals surface area contributed by atoms with E-state index in [1.54, 1.807) is 18.3 Å². The molecule has 1 aliphatic carbocycles. The van der Waals surface area contributed by atoms with Gasteiger partial charge in [0.05, 0.1) is 0 Å². The molecule has 5 N–H and O–H groups in total. The zero-order valence-corrected chi connectivity index (χ0v) is 15.1. The minimum absolute atomic E-state index is 0.0111. The number of aromatic amines is 1. The SMILES string of the molecule is CSCC[C@](N)(C(=O)O)C(=O)C1CCC(NC(=O)c2ccc[nH]2)CC1. The number of aliphatic carboxylic acids is 1. The molecule has 25 heavy (non-hydrogen) atoms. The lowest BCUT2D eigenvalue weighted by Crippen LogP contribution is -2.58. The van der Waals surface area contributed by atoms with Crippen LogP contribution in [0, 0.1) is 5.92 Å². The Morgan fingerprint density at radius 1 is 1.36 bits per heavy atom. The maximum absolute atomic E-state index is 12.7. The van der Waals surface area contributed by atoms with Crippen LogP contribution in [0.5, 0.6) is 0 Å².